The predicted octanol–water partition coefficient (Wildman–Crippen LogP) is 0.0552. The summed E-state index contributed by atoms with van der Waals surface area (Å²) in [6, 6.07) is 6.29. The number of nitrogens with one attached hydrogen (secondary N) is 2. The van der Waals surface area contributed by atoms with Crippen LogP contribution in [0.3, 0.4) is 0 Å². The largest absolute Gasteiger partial charge is 0.417 e. The van der Waals surface area contributed by atoms with Crippen LogP contribution in [0.2, 0.25) is 0 Å². The van der Waals surface area contributed by atoms with Crippen molar-refractivity contribution in [2.75, 3.05) is 5.32 Å². The normalized spacial score (nSPS) is 10.7. The van der Waals surface area contributed by atoms with Crippen molar-refractivity contribution in [2.45, 2.75) is 6.54 Å². The highest BCUT2D eigenvalue weighted by Gasteiger charge is 2.15. The van der Waals surface area contributed by atoms with Crippen molar-refractivity contribution in [3.05, 3.63) is 46.6 Å². The smallest absolute Gasteiger partial charge is 0.407 e. The fourth-order valence-corrected chi connectivity index (χ4v) is 2.01. The molecule has 0 aliphatic heterocycles. The summed E-state index contributed by atoms with van der Waals surface area (Å²) in [5, 5.41) is 6.54. The summed E-state index contributed by atoms with van der Waals surface area (Å²) >= 11 is 0. The Morgan fingerprint density at radius 2 is 2.18 bits per heavy atom. The molecule has 9 nitrogen and oxygen atoms in total. The van der Waals surface area contributed by atoms with Gasteiger partial charge in [0.2, 0.25) is 5.91 Å². The molecule has 0 unspecified atom stereocenters. The number of aromatic nitrogens is 3. The Morgan fingerprint density at radius 3 is 2.95 bits per heavy atom. The van der Waals surface area contributed by atoms with Crippen LogP contribution < -0.4 is 16.8 Å². The minimum atomic E-state index is -0.638. The fraction of sp³-hybridized carbons (Fsp3) is 0.0769. The van der Waals surface area contributed by atoms with Gasteiger partial charge in [0.25, 0.3) is 5.91 Å². The molecule has 9 heteroatoms. The number of para-hydroxylation sites is 1. The minimum Gasteiger partial charge on any atom is -0.407 e. The van der Waals surface area contributed by atoms with Crippen LogP contribution in [-0.4, -0.2) is 26.6 Å². The number of amides is 2. The first-order chi connectivity index (χ1) is 10.5. The van der Waals surface area contributed by atoms with Gasteiger partial charge in [0, 0.05) is 12.3 Å². The maximum Gasteiger partial charge on any atom is 0.417 e. The molecule has 2 aromatic heterocycles. The van der Waals surface area contributed by atoms with Gasteiger partial charge in [0.05, 0.1) is 11.1 Å². The van der Waals surface area contributed by atoms with Gasteiger partial charge in [0.15, 0.2) is 11.4 Å². The van der Waals surface area contributed by atoms with E-state index in [1.807, 2.05) is 0 Å². The SMILES string of the molecule is NC(=O)Cn1ccc(NC(=O)c2cccc3[nH]c(=O)oc23)n1. The van der Waals surface area contributed by atoms with E-state index in [4.69, 9.17) is 10.2 Å². The number of fused-ring (bicyclic) bond motifs is 1. The van der Waals surface area contributed by atoms with Gasteiger partial charge in [-0.3, -0.25) is 19.3 Å². The Kier molecular flexibility index (Phi) is 3.22. The van der Waals surface area contributed by atoms with E-state index in [0.717, 1.165) is 0 Å². The third-order valence-corrected chi connectivity index (χ3v) is 2.89. The standard InChI is InChI=1S/C13H11N5O4/c14-9(19)6-18-5-4-10(17-18)16-12(20)7-2-1-3-8-11(7)22-13(21)15-8/h1-5H,6H2,(H2,14,19)(H,15,21)(H,16,17,20). The highest BCUT2D eigenvalue weighted by atomic mass is 16.4. The maximum atomic E-state index is 12.2. The second kappa shape index (κ2) is 5.20. The van der Waals surface area contributed by atoms with Gasteiger partial charge >= 0.3 is 5.76 Å². The van der Waals surface area contributed by atoms with Crippen LogP contribution in [0.1, 0.15) is 10.4 Å². The lowest BCUT2D eigenvalue weighted by atomic mass is 10.2. The Morgan fingerprint density at radius 1 is 1.36 bits per heavy atom. The molecule has 0 aliphatic carbocycles. The Labute approximate surface area is 122 Å². The van der Waals surface area contributed by atoms with Crippen LogP contribution in [0.25, 0.3) is 11.1 Å². The first-order valence-electron chi connectivity index (χ1n) is 6.28. The number of carbonyl (C=O) groups excluding carboxylic acids is 2. The summed E-state index contributed by atoms with van der Waals surface area (Å²) < 4.78 is 6.26. The fourth-order valence-electron chi connectivity index (χ4n) is 2.01. The van der Waals surface area contributed by atoms with Gasteiger partial charge < -0.3 is 15.5 Å². The molecule has 1 aromatic carbocycles. The molecule has 2 amide bonds. The van der Waals surface area contributed by atoms with Gasteiger partial charge in [-0.25, -0.2) is 4.79 Å². The molecule has 3 aromatic rings. The van der Waals surface area contributed by atoms with Crippen LogP contribution in [-0.2, 0) is 11.3 Å². The zero-order valence-electron chi connectivity index (χ0n) is 11.2. The van der Waals surface area contributed by atoms with Gasteiger partial charge in [-0.15, -0.1) is 0 Å². The molecule has 0 saturated heterocycles. The molecule has 0 saturated carbocycles. The van der Waals surface area contributed by atoms with Gasteiger partial charge in [-0.05, 0) is 12.1 Å². The number of oxazole rings is 1. The van der Waals surface area contributed by atoms with Crippen LogP contribution in [0.15, 0.2) is 39.7 Å². The first kappa shape index (κ1) is 13.6. The third kappa shape index (κ3) is 2.59. The monoisotopic (exact) mass is 301 g/mol. The number of nitrogens with zero attached hydrogens (tertiary/aromatic N) is 2. The van der Waals surface area contributed by atoms with E-state index in [-0.39, 0.29) is 23.5 Å². The number of nitrogens with two attached hydrogens (primary N) is 1. The summed E-state index contributed by atoms with van der Waals surface area (Å²) in [5.74, 6) is -1.42. The van der Waals surface area contributed by atoms with Crippen molar-refractivity contribution >= 4 is 28.7 Å². The number of benzene rings is 1. The molecule has 2 heterocycles. The van der Waals surface area contributed by atoms with Crippen molar-refractivity contribution in [2.24, 2.45) is 5.73 Å². The zero-order valence-corrected chi connectivity index (χ0v) is 11.2. The quantitative estimate of drug-likeness (QED) is 0.625. The van der Waals surface area contributed by atoms with E-state index >= 15 is 0 Å². The summed E-state index contributed by atoms with van der Waals surface area (Å²) in [4.78, 5) is 36.7. The molecule has 0 atom stereocenters. The van der Waals surface area contributed by atoms with Crippen LogP contribution in [0.5, 0.6) is 0 Å². The average Bonchev–Trinajstić information content (AvgIpc) is 3.02. The van der Waals surface area contributed by atoms with Gasteiger partial charge in [-0.2, -0.15) is 5.10 Å². The average molecular weight is 301 g/mol. The molecular weight excluding hydrogens is 290 g/mol. The molecule has 0 fully saturated rings. The predicted molar refractivity (Wildman–Crippen MR) is 76.2 cm³/mol. The number of aromatic amines is 1. The molecule has 0 radical (unpaired) electrons. The number of carbonyl (C=O) groups is 2. The third-order valence-electron chi connectivity index (χ3n) is 2.89. The van der Waals surface area contributed by atoms with E-state index in [2.05, 4.69) is 15.4 Å². The van der Waals surface area contributed by atoms with Crippen molar-refractivity contribution < 1.29 is 14.0 Å². The number of H-pyrrole nitrogens is 1. The number of primary amides is 1. The summed E-state index contributed by atoms with van der Waals surface area (Å²) in [7, 11) is 0. The first-order valence-corrected chi connectivity index (χ1v) is 6.28. The van der Waals surface area contributed by atoms with Crippen LogP contribution in [0.4, 0.5) is 5.82 Å². The Balaban J connectivity index is 1.85. The van der Waals surface area contributed by atoms with E-state index in [9.17, 15) is 14.4 Å². The topological polar surface area (TPSA) is 136 Å². The number of anilines is 1. The zero-order chi connectivity index (χ0) is 15.7. The Bertz CT molecular complexity index is 920. The lowest BCUT2D eigenvalue weighted by Gasteiger charge is -2.02. The van der Waals surface area contributed by atoms with Crippen LogP contribution >= 0.6 is 0 Å². The highest BCUT2D eigenvalue weighted by Crippen LogP contribution is 2.16. The molecular formula is C13H11N5O4. The summed E-state index contributed by atoms with van der Waals surface area (Å²) in [5.41, 5.74) is 5.85. The molecule has 22 heavy (non-hydrogen) atoms. The second-order valence-corrected chi connectivity index (χ2v) is 4.52. The molecule has 0 bridgehead atoms. The van der Waals surface area contributed by atoms with Crippen molar-refractivity contribution in [1.29, 1.82) is 0 Å². The summed E-state index contributed by atoms with van der Waals surface area (Å²) in [6.45, 7) is -0.0852. The lowest BCUT2D eigenvalue weighted by molar-refractivity contribution is -0.118. The summed E-state index contributed by atoms with van der Waals surface area (Å²) in [6.07, 6.45) is 1.51. The van der Waals surface area contributed by atoms with Gasteiger partial charge in [-0.1, -0.05) is 6.07 Å². The van der Waals surface area contributed by atoms with E-state index in [1.165, 1.54) is 23.0 Å². The maximum absolute atomic E-state index is 12.2. The lowest BCUT2D eigenvalue weighted by Crippen LogP contribution is -2.19. The van der Waals surface area contributed by atoms with Gasteiger partial charge in [0.1, 0.15) is 6.54 Å². The number of hydrogen-bond acceptors (Lipinski definition) is 5. The van der Waals surface area contributed by atoms with Crippen LogP contribution in [0, 0.1) is 0 Å². The van der Waals surface area contributed by atoms with E-state index in [1.54, 1.807) is 12.1 Å². The molecule has 0 spiro atoms. The van der Waals surface area contributed by atoms with E-state index < -0.39 is 17.6 Å². The molecule has 112 valence electrons. The van der Waals surface area contributed by atoms with Crippen molar-refractivity contribution in [3.63, 3.8) is 0 Å². The van der Waals surface area contributed by atoms with Crippen molar-refractivity contribution in [1.82, 2.24) is 14.8 Å². The minimum absolute atomic E-state index is 0.0852. The number of hydrogen-bond donors (Lipinski definition) is 3. The molecule has 4 N–H and O–H groups in total. The molecule has 3 rings (SSSR count). The second-order valence-electron chi connectivity index (χ2n) is 4.52. The Hall–Kier alpha value is -3.36. The molecule has 0 aliphatic rings. The number of rotatable bonds is 4. The van der Waals surface area contributed by atoms with Crippen molar-refractivity contribution in [3.8, 4) is 0 Å². The van der Waals surface area contributed by atoms with E-state index in [0.29, 0.717) is 5.52 Å². The highest BCUT2D eigenvalue weighted by molar-refractivity contribution is 6.10.